The lowest BCUT2D eigenvalue weighted by molar-refractivity contribution is 0.0783. The Labute approximate surface area is 225 Å². The van der Waals surface area contributed by atoms with Gasteiger partial charge in [0.05, 0.1) is 6.04 Å². The Hall–Kier alpha value is -4.06. The lowest BCUT2D eigenvalue weighted by Crippen LogP contribution is -2.35. The van der Waals surface area contributed by atoms with Gasteiger partial charge < -0.3 is 10.0 Å². The summed E-state index contributed by atoms with van der Waals surface area (Å²) in [6, 6.07) is 4.65. The van der Waals surface area contributed by atoms with E-state index in [-0.39, 0.29) is 36.8 Å². The third-order valence-corrected chi connectivity index (χ3v) is 7.69. The van der Waals surface area contributed by atoms with Crippen LogP contribution in [-0.2, 0) is 0 Å². The summed E-state index contributed by atoms with van der Waals surface area (Å²) in [5, 5.41) is 13.5. The van der Waals surface area contributed by atoms with Crippen LogP contribution in [0, 0.1) is 24.4 Å². The van der Waals surface area contributed by atoms with Crippen molar-refractivity contribution in [2.45, 2.75) is 38.6 Å². The van der Waals surface area contributed by atoms with Gasteiger partial charge in [-0.25, -0.2) is 18.2 Å². The van der Waals surface area contributed by atoms with Crippen molar-refractivity contribution in [3.05, 3.63) is 92.2 Å². The molecule has 39 heavy (non-hydrogen) atoms. The van der Waals surface area contributed by atoms with Crippen molar-refractivity contribution in [3.8, 4) is 16.7 Å². The Morgan fingerprint density at radius 3 is 2.54 bits per heavy atom. The summed E-state index contributed by atoms with van der Waals surface area (Å²) in [6.45, 7) is 3.89. The fraction of sp³-hybridized carbons (Fsp3) is 0.296. The van der Waals surface area contributed by atoms with Crippen LogP contribution < -0.4 is 5.56 Å². The zero-order valence-electron chi connectivity index (χ0n) is 21.1. The molecular weight excluding hydrogens is 531 g/mol. The second-order valence-electron chi connectivity index (χ2n) is 9.37. The number of pyridine rings is 1. The summed E-state index contributed by atoms with van der Waals surface area (Å²) >= 11 is 1.18. The number of benzene rings is 1. The number of thiazole rings is 1. The number of hydrogen-bond acceptors (Lipinski definition) is 7. The van der Waals surface area contributed by atoms with Crippen LogP contribution in [-0.4, -0.2) is 48.5 Å². The molecule has 4 heterocycles. The van der Waals surface area contributed by atoms with Crippen molar-refractivity contribution in [2.24, 2.45) is 0 Å². The number of aromatic nitrogens is 4. The standard InChI is InChI=1S/C27H24F3N5O3S/c1-3-21(16-8-18(29)10-19(30)9-16)35-23(25-32-14(2)13-39-25)33-24(36)22(27(35)38)26(37)34-7-5-15(12-34)20-11-17(28)4-6-31-20/h4,6,8-11,13,15,21,38H,3,5,7,12H2,1-2H3. The van der Waals surface area contributed by atoms with Gasteiger partial charge in [0, 0.05) is 48.0 Å². The number of aryl methyl sites for hydroxylation is 1. The SMILES string of the molecule is CCC(c1cc(F)cc(F)c1)n1c(-c2nc(C)cs2)nc(=O)c(C(=O)N2CCC(c3cc(F)ccn3)C2)c1O. The van der Waals surface area contributed by atoms with Gasteiger partial charge in [0.15, 0.2) is 16.4 Å². The quantitative estimate of drug-likeness (QED) is 0.366. The van der Waals surface area contributed by atoms with Gasteiger partial charge in [-0.15, -0.1) is 11.3 Å². The maximum atomic E-state index is 14.2. The van der Waals surface area contributed by atoms with Crippen molar-refractivity contribution in [1.82, 2.24) is 24.4 Å². The van der Waals surface area contributed by atoms with Gasteiger partial charge in [-0.05, 0) is 49.6 Å². The Balaban J connectivity index is 1.61. The molecule has 0 radical (unpaired) electrons. The largest absolute Gasteiger partial charge is 0.494 e. The molecule has 0 aliphatic carbocycles. The van der Waals surface area contributed by atoms with Crippen molar-refractivity contribution in [3.63, 3.8) is 0 Å². The third-order valence-electron chi connectivity index (χ3n) is 6.73. The van der Waals surface area contributed by atoms with E-state index < -0.39 is 46.4 Å². The molecule has 1 aliphatic heterocycles. The van der Waals surface area contributed by atoms with E-state index >= 15 is 0 Å². The van der Waals surface area contributed by atoms with E-state index in [0.717, 1.165) is 18.2 Å². The Kier molecular flexibility index (Phi) is 7.21. The van der Waals surface area contributed by atoms with Crippen LogP contribution in [0.2, 0.25) is 0 Å². The molecule has 1 aliphatic rings. The Bertz CT molecular complexity index is 1600. The van der Waals surface area contributed by atoms with Crippen LogP contribution in [0.15, 0.2) is 46.7 Å². The van der Waals surface area contributed by atoms with Crippen LogP contribution in [0.4, 0.5) is 13.2 Å². The molecule has 2 unspecified atom stereocenters. The zero-order chi connectivity index (χ0) is 27.8. The topological polar surface area (TPSA) is 101 Å². The molecule has 3 aromatic heterocycles. The van der Waals surface area contributed by atoms with Gasteiger partial charge in [0.25, 0.3) is 11.5 Å². The molecule has 0 spiro atoms. The molecule has 1 aromatic carbocycles. The maximum Gasteiger partial charge on any atom is 0.290 e. The number of hydrogen-bond donors (Lipinski definition) is 1. The monoisotopic (exact) mass is 555 g/mol. The van der Waals surface area contributed by atoms with Crippen molar-refractivity contribution >= 4 is 17.2 Å². The van der Waals surface area contributed by atoms with Gasteiger partial charge >= 0.3 is 0 Å². The number of halogens is 3. The van der Waals surface area contributed by atoms with Gasteiger partial charge in [0.2, 0.25) is 5.88 Å². The predicted octanol–water partition coefficient (Wildman–Crippen LogP) is 4.82. The lowest BCUT2D eigenvalue weighted by atomic mass is 10.0. The number of rotatable bonds is 6. The first-order valence-electron chi connectivity index (χ1n) is 12.3. The third kappa shape index (κ3) is 5.16. The van der Waals surface area contributed by atoms with E-state index in [9.17, 15) is 27.9 Å². The number of nitrogens with zero attached hydrogens (tertiary/aromatic N) is 5. The molecule has 4 aromatic rings. The molecule has 1 N–H and O–H groups in total. The molecule has 1 amide bonds. The Morgan fingerprint density at radius 2 is 1.90 bits per heavy atom. The fourth-order valence-corrected chi connectivity index (χ4v) is 5.72. The molecular formula is C27H24F3N5O3S. The smallest absolute Gasteiger partial charge is 0.290 e. The summed E-state index contributed by atoms with van der Waals surface area (Å²) in [5.74, 6) is -3.76. The van der Waals surface area contributed by atoms with E-state index in [1.54, 1.807) is 19.2 Å². The van der Waals surface area contributed by atoms with E-state index in [0.29, 0.717) is 22.8 Å². The van der Waals surface area contributed by atoms with Gasteiger partial charge in [0.1, 0.15) is 17.5 Å². The average molecular weight is 556 g/mol. The second kappa shape index (κ2) is 10.6. The summed E-state index contributed by atoms with van der Waals surface area (Å²) < 4.78 is 43.3. The van der Waals surface area contributed by atoms with Crippen LogP contribution in [0.1, 0.15) is 59.0 Å². The minimum Gasteiger partial charge on any atom is -0.494 e. The summed E-state index contributed by atoms with van der Waals surface area (Å²) in [5.41, 5.74) is -0.199. The van der Waals surface area contributed by atoms with Crippen LogP contribution in [0.3, 0.4) is 0 Å². The first-order valence-corrected chi connectivity index (χ1v) is 13.2. The van der Waals surface area contributed by atoms with Crippen LogP contribution >= 0.6 is 11.3 Å². The van der Waals surface area contributed by atoms with Crippen molar-refractivity contribution in [2.75, 3.05) is 13.1 Å². The molecule has 1 saturated heterocycles. The first-order chi connectivity index (χ1) is 18.7. The Morgan fingerprint density at radius 1 is 1.15 bits per heavy atom. The number of carbonyl (C=O) groups is 1. The van der Waals surface area contributed by atoms with E-state index in [2.05, 4.69) is 15.0 Å². The minimum atomic E-state index is -0.954. The van der Waals surface area contributed by atoms with E-state index in [1.807, 2.05) is 0 Å². The van der Waals surface area contributed by atoms with Crippen molar-refractivity contribution < 1.29 is 23.1 Å². The fourth-order valence-electron chi connectivity index (χ4n) is 4.94. The molecule has 202 valence electrons. The molecule has 0 saturated carbocycles. The highest BCUT2D eigenvalue weighted by Crippen LogP contribution is 2.36. The van der Waals surface area contributed by atoms with Crippen molar-refractivity contribution in [1.29, 1.82) is 0 Å². The molecule has 5 rings (SSSR count). The normalized spacial score (nSPS) is 16.0. The van der Waals surface area contributed by atoms with Gasteiger partial charge in [-0.1, -0.05) is 6.92 Å². The van der Waals surface area contributed by atoms with Crippen LogP contribution in [0.25, 0.3) is 10.8 Å². The number of carbonyl (C=O) groups excluding carboxylic acids is 1. The predicted molar refractivity (Wildman–Crippen MR) is 138 cm³/mol. The number of likely N-dealkylation sites (tertiary alicyclic amines) is 1. The van der Waals surface area contributed by atoms with E-state index in [4.69, 9.17) is 0 Å². The minimum absolute atomic E-state index is 0.0214. The molecule has 0 bridgehead atoms. The average Bonchev–Trinajstić information content (AvgIpc) is 3.55. The maximum absolute atomic E-state index is 14.2. The molecule has 8 nitrogen and oxygen atoms in total. The lowest BCUT2D eigenvalue weighted by Gasteiger charge is -2.25. The van der Waals surface area contributed by atoms with E-state index in [1.165, 1.54) is 39.1 Å². The summed E-state index contributed by atoms with van der Waals surface area (Å²) in [7, 11) is 0. The highest BCUT2D eigenvalue weighted by atomic mass is 32.1. The first kappa shape index (κ1) is 26.5. The van der Waals surface area contributed by atoms with Gasteiger partial charge in [-0.2, -0.15) is 4.98 Å². The molecule has 12 heteroatoms. The molecule has 2 atom stereocenters. The summed E-state index contributed by atoms with van der Waals surface area (Å²) in [4.78, 5) is 40.9. The molecule has 1 fully saturated rings. The second-order valence-corrected chi connectivity index (χ2v) is 10.2. The zero-order valence-corrected chi connectivity index (χ0v) is 21.9. The van der Waals surface area contributed by atoms with Gasteiger partial charge in [-0.3, -0.25) is 19.1 Å². The highest BCUT2D eigenvalue weighted by Gasteiger charge is 2.35. The number of amides is 1. The number of aromatic hydroxyl groups is 1. The van der Waals surface area contributed by atoms with Crippen LogP contribution in [0.5, 0.6) is 5.88 Å². The summed E-state index contributed by atoms with van der Waals surface area (Å²) in [6.07, 6.45) is 2.08. The highest BCUT2D eigenvalue weighted by molar-refractivity contribution is 7.13.